The maximum atomic E-state index is 5.74. The smallest absolute Gasteiger partial charge is 0.231 e. The second-order valence-electron chi connectivity index (χ2n) is 11.1. The van der Waals surface area contributed by atoms with E-state index in [9.17, 15) is 0 Å². The molecule has 0 amide bonds. The van der Waals surface area contributed by atoms with Crippen LogP contribution in [0.1, 0.15) is 48.9 Å². The number of nitrogens with one attached hydrogen (secondary N) is 1. The van der Waals surface area contributed by atoms with Crippen molar-refractivity contribution in [1.82, 2.24) is 10.2 Å². The molecule has 0 saturated carbocycles. The minimum absolute atomic E-state index is 0.284. The molecule has 0 atom stereocenters. The van der Waals surface area contributed by atoms with E-state index in [4.69, 9.17) is 19.2 Å². The lowest BCUT2D eigenvalue weighted by Crippen LogP contribution is -2.26. The van der Waals surface area contributed by atoms with Gasteiger partial charge in [-0.2, -0.15) is 0 Å². The Kier molecular flexibility index (Phi) is 8.71. The van der Waals surface area contributed by atoms with Gasteiger partial charge in [-0.1, -0.05) is 74.0 Å². The van der Waals surface area contributed by atoms with Gasteiger partial charge in [0.1, 0.15) is 11.6 Å². The van der Waals surface area contributed by atoms with Gasteiger partial charge in [0.05, 0.1) is 6.61 Å². The van der Waals surface area contributed by atoms with E-state index < -0.39 is 0 Å². The molecule has 0 aromatic heterocycles. The predicted octanol–water partition coefficient (Wildman–Crippen LogP) is 7.25. The van der Waals surface area contributed by atoms with E-state index in [1.54, 1.807) is 0 Å². The van der Waals surface area contributed by atoms with Gasteiger partial charge in [0.25, 0.3) is 0 Å². The molecule has 4 aromatic rings. The summed E-state index contributed by atoms with van der Waals surface area (Å²) in [5.74, 6) is 3.57. The number of benzene rings is 4. The highest BCUT2D eigenvalue weighted by Gasteiger charge is 2.17. The van der Waals surface area contributed by atoms with E-state index >= 15 is 0 Å². The van der Waals surface area contributed by atoms with E-state index in [0.717, 1.165) is 86.4 Å². The Morgan fingerprint density at radius 3 is 2.50 bits per heavy atom. The van der Waals surface area contributed by atoms with Crippen LogP contribution in [0.25, 0.3) is 10.8 Å². The number of hydrogen-bond acceptors (Lipinski definition) is 5. The summed E-state index contributed by atoms with van der Waals surface area (Å²) in [6.45, 7) is 8.58. The number of aliphatic imine (C=N–C) groups is 1. The van der Waals surface area contributed by atoms with Gasteiger partial charge in [-0.25, -0.2) is 0 Å². The van der Waals surface area contributed by atoms with Crippen molar-refractivity contribution in [3.63, 3.8) is 0 Å². The lowest BCUT2D eigenvalue weighted by atomic mass is 10.1. The molecule has 0 aliphatic carbocycles. The van der Waals surface area contributed by atoms with Gasteiger partial charge in [0, 0.05) is 43.9 Å². The third-order valence-corrected chi connectivity index (χ3v) is 7.78. The molecule has 6 rings (SSSR count). The number of unbranched alkanes of at least 4 members (excludes halogenated alkanes) is 1. The van der Waals surface area contributed by atoms with Crippen molar-refractivity contribution in [2.24, 2.45) is 4.99 Å². The van der Waals surface area contributed by atoms with E-state index in [-0.39, 0.29) is 6.79 Å². The van der Waals surface area contributed by atoms with Crippen molar-refractivity contribution >= 4 is 16.6 Å². The van der Waals surface area contributed by atoms with Crippen LogP contribution < -0.4 is 19.5 Å². The number of nitrogens with zero attached hydrogens (tertiary/aromatic N) is 2. The molecule has 6 nitrogen and oxygen atoms in total. The van der Waals surface area contributed by atoms with Crippen LogP contribution in [0.2, 0.25) is 0 Å². The molecule has 1 N–H and O–H groups in total. The van der Waals surface area contributed by atoms with Crippen LogP contribution in [0.4, 0.5) is 0 Å². The fourth-order valence-corrected chi connectivity index (χ4v) is 5.47. The third kappa shape index (κ3) is 6.77. The zero-order chi connectivity index (χ0) is 28.7. The molecule has 42 heavy (non-hydrogen) atoms. The largest absolute Gasteiger partial charge is 0.493 e. The van der Waals surface area contributed by atoms with Gasteiger partial charge in [-0.15, -0.1) is 0 Å². The van der Waals surface area contributed by atoms with Gasteiger partial charge in [-0.3, -0.25) is 9.89 Å². The molecule has 4 aromatic carbocycles. The zero-order valence-electron chi connectivity index (χ0n) is 24.6. The minimum atomic E-state index is 0.284. The average Bonchev–Trinajstić information content (AvgIpc) is 3.68. The normalized spacial score (nSPS) is 14.4. The molecule has 2 aliphatic heterocycles. The minimum Gasteiger partial charge on any atom is -0.493 e. The molecule has 0 bridgehead atoms. The number of allylic oxidation sites excluding steroid dienone is 1. The van der Waals surface area contributed by atoms with Crippen LogP contribution in [0.3, 0.4) is 0 Å². The highest BCUT2D eigenvalue weighted by atomic mass is 16.7. The van der Waals surface area contributed by atoms with Crippen LogP contribution >= 0.6 is 0 Å². The number of hydrogen-bond donors (Lipinski definition) is 1. The Hall–Kier alpha value is -4.29. The quantitative estimate of drug-likeness (QED) is 0.119. The first-order valence-electron chi connectivity index (χ1n) is 15.0. The Labute approximate surface area is 248 Å². The van der Waals surface area contributed by atoms with Crippen LogP contribution in [0, 0.1) is 0 Å². The van der Waals surface area contributed by atoms with E-state index in [1.807, 2.05) is 6.07 Å². The van der Waals surface area contributed by atoms with E-state index in [0.29, 0.717) is 0 Å². The summed E-state index contributed by atoms with van der Waals surface area (Å²) in [5, 5.41) is 6.09. The van der Waals surface area contributed by atoms with Crippen molar-refractivity contribution in [3.05, 3.63) is 113 Å². The number of ether oxygens (including phenoxy) is 3. The van der Waals surface area contributed by atoms with Crippen LogP contribution in [-0.2, 0) is 19.5 Å². The summed E-state index contributed by atoms with van der Waals surface area (Å²) in [5.41, 5.74) is 5.97. The molecule has 2 heterocycles. The van der Waals surface area contributed by atoms with Crippen molar-refractivity contribution in [2.75, 3.05) is 26.5 Å². The maximum absolute atomic E-state index is 5.74. The van der Waals surface area contributed by atoms with Crippen molar-refractivity contribution in [1.29, 1.82) is 0 Å². The van der Waals surface area contributed by atoms with E-state index in [1.165, 1.54) is 27.5 Å². The van der Waals surface area contributed by atoms with E-state index in [2.05, 4.69) is 103 Å². The second-order valence-corrected chi connectivity index (χ2v) is 11.1. The van der Waals surface area contributed by atoms with Gasteiger partial charge in [0.15, 0.2) is 11.5 Å². The van der Waals surface area contributed by atoms with Gasteiger partial charge in [-0.05, 0) is 65.1 Å². The first-order chi connectivity index (χ1) is 20.6. The average molecular weight is 562 g/mol. The summed E-state index contributed by atoms with van der Waals surface area (Å²) in [4.78, 5) is 7.42. The summed E-state index contributed by atoms with van der Waals surface area (Å²) < 4.78 is 16.9. The van der Waals surface area contributed by atoms with Crippen molar-refractivity contribution in [3.8, 4) is 17.2 Å². The fourth-order valence-electron chi connectivity index (χ4n) is 5.47. The van der Waals surface area contributed by atoms with Crippen LogP contribution in [0.15, 0.2) is 95.6 Å². The molecule has 0 fully saturated rings. The van der Waals surface area contributed by atoms with Crippen molar-refractivity contribution in [2.45, 2.75) is 46.2 Å². The highest BCUT2D eigenvalue weighted by molar-refractivity contribution is 6.02. The van der Waals surface area contributed by atoms with Crippen molar-refractivity contribution < 1.29 is 14.2 Å². The highest BCUT2D eigenvalue weighted by Crippen LogP contribution is 2.33. The molecule has 6 heteroatoms. The Bertz CT molecular complexity index is 1550. The fraction of sp³-hybridized carbons (Fsp3) is 0.306. The van der Waals surface area contributed by atoms with Gasteiger partial charge in [0.2, 0.25) is 6.79 Å². The molecule has 0 radical (unpaired) electrons. The number of amidine groups is 1. The Balaban J connectivity index is 1.21. The lowest BCUT2D eigenvalue weighted by molar-refractivity contribution is 0.174. The second kappa shape index (κ2) is 13.1. The number of fused-ring (bicyclic) bond motifs is 3. The summed E-state index contributed by atoms with van der Waals surface area (Å²) in [7, 11) is 0. The standard InChI is InChI=1S/C36H39N3O3/c1-3-4-17-37-36(32-12-11-29-7-5-6-8-30(29)22-32)38-26(2)15-18-39(23-27-9-13-33-31(20-27)16-19-40-33)24-28-10-14-34-35(21-28)42-25-41-34/h5-15,20-22H,3-4,16-19,23-25H2,1-2H3,(H,37,38)/b26-15+. The maximum Gasteiger partial charge on any atom is 0.231 e. The van der Waals surface area contributed by atoms with Crippen LogP contribution in [-0.4, -0.2) is 37.2 Å². The topological polar surface area (TPSA) is 55.3 Å². The molecule has 0 unspecified atom stereocenters. The molecule has 0 saturated heterocycles. The molecular weight excluding hydrogens is 522 g/mol. The zero-order valence-corrected chi connectivity index (χ0v) is 24.6. The Morgan fingerprint density at radius 2 is 1.64 bits per heavy atom. The molecule has 216 valence electrons. The SMILES string of the molecule is CCCCN=C(N/C(C)=C/CN(Cc1ccc2c(c1)CCO2)Cc1ccc2c(c1)OCO2)c1ccc2ccccc2c1. The van der Waals surface area contributed by atoms with Gasteiger partial charge >= 0.3 is 0 Å². The summed E-state index contributed by atoms with van der Waals surface area (Å²) in [6.07, 6.45) is 5.42. The molecule has 2 aliphatic rings. The number of rotatable bonds is 11. The predicted molar refractivity (Wildman–Crippen MR) is 169 cm³/mol. The van der Waals surface area contributed by atoms with Crippen LogP contribution in [0.5, 0.6) is 17.2 Å². The first-order valence-corrected chi connectivity index (χ1v) is 15.0. The monoisotopic (exact) mass is 561 g/mol. The first kappa shape index (κ1) is 27.9. The molecule has 0 spiro atoms. The Morgan fingerprint density at radius 1 is 0.857 bits per heavy atom. The summed E-state index contributed by atoms with van der Waals surface area (Å²) in [6, 6.07) is 27.9. The third-order valence-electron chi connectivity index (χ3n) is 7.78. The molecular formula is C36H39N3O3. The van der Waals surface area contributed by atoms with Gasteiger partial charge < -0.3 is 19.5 Å². The lowest BCUT2D eigenvalue weighted by Gasteiger charge is -2.22. The summed E-state index contributed by atoms with van der Waals surface area (Å²) >= 11 is 0.